The Morgan fingerprint density at radius 3 is 2.07 bits per heavy atom. The lowest BCUT2D eigenvalue weighted by molar-refractivity contribution is -0.148. The molecular formula is C46H81N5O9. The standard InChI is InChI=1S/C46H81N5O9/c1-15-32(8)41(50(12)46(56)39(29(2)3)48-45(55)40(30(4)5)49(11)24-25-59-26-27-60-31(6)7)37(57-13)28-38(52)51-23-19-22-36(51)43(58-14)33(9)44(54)47-34(10)42(53)35-20-17-16-18-21-35/h16-18,20-21,29-34,36-37,39-43,53H,15,19,22-28H2,1-14H3,(H,47,54)(H,48,55)/t32-,33+,34+,36-,37+,39-,40-,41-,42+,43+/m0/s1. The van der Waals surface area contributed by atoms with E-state index in [2.05, 4.69) is 10.6 Å². The minimum atomic E-state index is -0.885. The number of likely N-dealkylation sites (tertiary alicyclic amines) is 1. The van der Waals surface area contributed by atoms with Gasteiger partial charge in [0, 0.05) is 34.4 Å². The van der Waals surface area contributed by atoms with Crippen molar-refractivity contribution in [3.05, 3.63) is 35.9 Å². The zero-order chi connectivity index (χ0) is 45.3. The number of hydrogen-bond acceptors (Lipinski definition) is 10. The molecule has 1 heterocycles. The van der Waals surface area contributed by atoms with Gasteiger partial charge in [0.05, 0.1) is 80.7 Å². The fourth-order valence-corrected chi connectivity index (χ4v) is 8.46. The number of hydrogen-bond donors (Lipinski definition) is 3. The van der Waals surface area contributed by atoms with E-state index >= 15 is 0 Å². The second-order valence-electron chi connectivity index (χ2n) is 17.7. The number of likely N-dealkylation sites (N-methyl/N-ethyl adjacent to an activating group) is 2. The van der Waals surface area contributed by atoms with E-state index in [1.165, 1.54) is 0 Å². The highest BCUT2D eigenvalue weighted by Gasteiger charge is 2.43. The van der Waals surface area contributed by atoms with Crippen LogP contribution in [0.3, 0.4) is 0 Å². The van der Waals surface area contributed by atoms with Crippen molar-refractivity contribution >= 4 is 23.6 Å². The molecule has 1 aliphatic rings. The average Bonchev–Trinajstić information content (AvgIpc) is 3.70. The number of aliphatic hydroxyl groups is 1. The first kappa shape index (κ1) is 53.0. The van der Waals surface area contributed by atoms with Crippen LogP contribution < -0.4 is 10.6 Å². The van der Waals surface area contributed by atoms with Crippen LogP contribution in [-0.2, 0) is 38.1 Å². The fraction of sp³-hybridized carbons (Fsp3) is 0.783. The second kappa shape index (κ2) is 26.4. The molecule has 0 aromatic heterocycles. The van der Waals surface area contributed by atoms with Crippen molar-refractivity contribution in [3.8, 4) is 0 Å². The average molecular weight is 848 g/mol. The van der Waals surface area contributed by atoms with E-state index < -0.39 is 48.4 Å². The smallest absolute Gasteiger partial charge is 0.245 e. The number of ether oxygens (including phenoxy) is 4. The Balaban J connectivity index is 2.21. The number of amides is 4. The van der Waals surface area contributed by atoms with Crippen LogP contribution in [0, 0.1) is 23.7 Å². The number of rotatable bonds is 27. The van der Waals surface area contributed by atoms with E-state index in [4.69, 9.17) is 18.9 Å². The van der Waals surface area contributed by atoms with Crippen LogP contribution in [0.15, 0.2) is 30.3 Å². The van der Waals surface area contributed by atoms with Crippen LogP contribution in [0.5, 0.6) is 0 Å². The number of methoxy groups -OCH3 is 2. The number of nitrogens with one attached hydrogen (secondary N) is 2. The van der Waals surface area contributed by atoms with Gasteiger partial charge in [-0.25, -0.2) is 0 Å². The molecule has 0 unspecified atom stereocenters. The van der Waals surface area contributed by atoms with Crippen molar-refractivity contribution in [1.29, 1.82) is 0 Å². The molecule has 1 aromatic rings. The summed E-state index contributed by atoms with van der Waals surface area (Å²) in [5.74, 6) is -1.80. The summed E-state index contributed by atoms with van der Waals surface area (Å²) in [6.45, 7) is 21.9. The van der Waals surface area contributed by atoms with Crippen molar-refractivity contribution < 1.29 is 43.2 Å². The molecule has 0 aliphatic carbocycles. The molecule has 1 fully saturated rings. The highest BCUT2D eigenvalue weighted by molar-refractivity contribution is 5.90. The lowest BCUT2D eigenvalue weighted by Crippen LogP contribution is -2.60. The molecule has 14 nitrogen and oxygen atoms in total. The van der Waals surface area contributed by atoms with Gasteiger partial charge in [-0.3, -0.25) is 24.1 Å². The van der Waals surface area contributed by atoms with Crippen LogP contribution in [-0.4, -0.2) is 153 Å². The predicted molar refractivity (Wildman–Crippen MR) is 235 cm³/mol. The first-order valence-electron chi connectivity index (χ1n) is 22.2. The van der Waals surface area contributed by atoms with E-state index in [9.17, 15) is 24.3 Å². The van der Waals surface area contributed by atoms with Gasteiger partial charge in [0.2, 0.25) is 23.6 Å². The maximum Gasteiger partial charge on any atom is 0.245 e. The topological polar surface area (TPSA) is 159 Å². The van der Waals surface area contributed by atoms with E-state index in [1.807, 2.05) is 97.7 Å². The first-order valence-corrected chi connectivity index (χ1v) is 22.2. The Morgan fingerprint density at radius 2 is 1.52 bits per heavy atom. The van der Waals surface area contributed by atoms with Crippen LogP contribution in [0.1, 0.15) is 107 Å². The molecule has 0 spiro atoms. The zero-order valence-corrected chi connectivity index (χ0v) is 39.3. The highest BCUT2D eigenvalue weighted by Crippen LogP contribution is 2.30. The number of carbonyl (C=O) groups excluding carboxylic acids is 4. The molecular weight excluding hydrogens is 767 g/mol. The third-order valence-corrected chi connectivity index (χ3v) is 12.1. The fourth-order valence-electron chi connectivity index (χ4n) is 8.46. The summed E-state index contributed by atoms with van der Waals surface area (Å²) in [6, 6.07) is 6.51. The van der Waals surface area contributed by atoms with Crippen LogP contribution in [0.2, 0.25) is 0 Å². The predicted octanol–water partition coefficient (Wildman–Crippen LogP) is 4.68. The van der Waals surface area contributed by atoms with E-state index in [1.54, 1.807) is 44.9 Å². The molecule has 2 rings (SSSR count). The third kappa shape index (κ3) is 15.3. The lowest BCUT2D eigenvalue weighted by Gasteiger charge is -2.41. The van der Waals surface area contributed by atoms with Gasteiger partial charge >= 0.3 is 0 Å². The molecule has 344 valence electrons. The van der Waals surface area contributed by atoms with Gasteiger partial charge < -0.3 is 44.5 Å². The lowest BCUT2D eigenvalue weighted by atomic mass is 9.89. The van der Waals surface area contributed by atoms with Crippen molar-refractivity contribution in [2.24, 2.45) is 23.7 Å². The number of carbonyl (C=O) groups is 4. The molecule has 1 saturated heterocycles. The van der Waals surface area contributed by atoms with Crippen LogP contribution in [0.4, 0.5) is 0 Å². The van der Waals surface area contributed by atoms with Gasteiger partial charge in [0.25, 0.3) is 0 Å². The van der Waals surface area contributed by atoms with E-state index in [0.717, 1.165) is 12.8 Å². The van der Waals surface area contributed by atoms with E-state index in [-0.39, 0.29) is 59.9 Å². The zero-order valence-electron chi connectivity index (χ0n) is 39.3. The monoisotopic (exact) mass is 848 g/mol. The number of benzene rings is 1. The summed E-state index contributed by atoms with van der Waals surface area (Å²) in [5, 5.41) is 16.9. The molecule has 0 saturated carbocycles. The SMILES string of the molecule is CC[C@H](C)[C@@H]([C@@H](CC(=O)N1CCC[C@H]1[C@H](OC)[C@@H](C)C(=O)N[C@H](C)[C@@H](O)c1ccccc1)OC)N(C)C(=O)[C@@H](NC(=O)[C@H](C(C)C)N(C)CCOCCOC(C)C)C(C)C. The minimum absolute atomic E-state index is 0.0154. The molecule has 10 atom stereocenters. The Kier molecular flexibility index (Phi) is 23.3. The third-order valence-electron chi connectivity index (χ3n) is 12.1. The normalized spacial score (nSPS) is 19.1. The van der Waals surface area contributed by atoms with Gasteiger partial charge in [-0.2, -0.15) is 0 Å². The second-order valence-corrected chi connectivity index (χ2v) is 17.7. The summed E-state index contributed by atoms with van der Waals surface area (Å²) in [7, 11) is 6.75. The highest BCUT2D eigenvalue weighted by atomic mass is 16.5. The summed E-state index contributed by atoms with van der Waals surface area (Å²) in [4.78, 5) is 61.7. The summed E-state index contributed by atoms with van der Waals surface area (Å²) < 4.78 is 23.3. The summed E-state index contributed by atoms with van der Waals surface area (Å²) >= 11 is 0. The maximum absolute atomic E-state index is 14.5. The molecule has 1 aromatic carbocycles. The number of nitrogens with zero attached hydrogens (tertiary/aromatic N) is 3. The molecule has 14 heteroatoms. The molecule has 3 N–H and O–H groups in total. The summed E-state index contributed by atoms with van der Waals surface area (Å²) in [6.07, 6.45) is 0.172. The molecule has 60 heavy (non-hydrogen) atoms. The quantitative estimate of drug-likeness (QED) is 0.106. The Hall–Kier alpha value is -3.14. The van der Waals surface area contributed by atoms with Gasteiger partial charge in [-0.1, -0.05) is 85.2 Å². The summed E-state index contributed by atoms with van der Waals surface area (Å²) in [5.41, 5.74) is 0.707. The number of aliphatic hydroxyl groups excluding tert-OH is 1. The molecule has 0 bridgehead atoms. The van der Waals surface area contributed by atoms with Gasteiger partial charge in [-0.05, 0) is 64.0 Å². The van der Waals surface area contributed by atoms with Crippen molar-refractivity contribution in [2.75, 3.05) is 61.2 Å². The van der Waals surface area contributed by atoms with E-state index in [0.29, 0.717) is 44.9 Å². The van der Waals surface area contributed by atoms with Crippen molar-refractivity contribution in [3.63, 3.8) is 0 Å². The largest absolute Gasteiger partial charge is 0.386 e. The van der Waals surface area contributed by atoms with Gasteiger partial charge in [0.1, 0.15) is 6.04 Å². The van der Waals surface area contributed by atoms with Crippen LogP contribution in [0.25, 0.3) is 0 Å². The van der Waals surface area contributed by atoms with Crippen molar-refractivity contribution in [1.82, 2.24) is 25.3 Å². The van der Waals surface area contributed by atoms with Crippen LogP contribution >= 0.6 is 0 Å². The molecule has 4 amide bonds. The molecule has 1 aliphatic heterocycles. The van der Waals surface area contributed by atoms with Gasteiger partial charge in [-0.15, -0.1) is 0 Å². The minimum Gasteiger partial charge on any atom is -0.386 e. The first-order chi connectivity index (χ1) is 28.3. The Labute approximate surface area is 361 Å². The van der Waals surface area contributed by atoms with Crippen molar-refractivity contribution in [2.45, 2.75) is 150 Å². The molecule has 0 radical (unpaired) electrons. The maximum atomic E-state index is 14.5. The van der Waals surface area contributed by atoms with Gasteiger partial charge in [0.15, 0.2) is 0 Å². The Morgan fingerprint density at radius 1 is 0.867 bits per heavy atom. The Bertz CT molecular complexity index is 1430.